The van der Waals surface area contributed by atoms with Crippen molar-refractivity contribution < 1.29 is 14.6 Å². The van der Waals surface area contributed by atoms with E-state index in [1.165, 1.54) is 7.11 Å². The van der Waals surface area contributed by atoms with Crippen molar-refractivity contribution in [1.29, 1.82) is 0 Å². The van der Waals surface area contributed by atoms with Gasteiger partial charge in [0.2, 0.25) is 0 Å². The van der Waals surface area contributed by atoms with E-state index in [9.17, 15) is 9.90 Å². The Bertz CT molecular complexity index is 755. The van der Waals surface area contributed by atoms with Crippen LogP contribution in [0.15, 0.2) is 47.7 Å². The van der Waals surface area contributed by atoms with Crippen LogP contribution in [-0.2, 0) is 4.79 Å². The lowest BCUT2D eigenvalue weighted by molar-refractivity contribution is -0.111. The highest BCUT2D eigenvalue weighted by Gasteiger charge is 2.23. The first-order chi connectivity index (χ1) is 10.7. The number of benzene rings is 1. The number of phenolic OH excluding ortho intramolecular Hbond substituents is 1. The summed E-state index contributed by atoms with van der Waals surface area (Å²) in [6, 6.07) is 8.91. The van der Waals surface area contributed by atoms with Gasteiger partial charge in [0.05, 0.1) is 7.11 Å². The number of phenols is 1. The van der Waals surface area contributed by atoms with Gasteiger partial charge in [-0.2, -0.15) is 0 Å². The molecule has 1 aliphatic rings. The molecule has 1 aromatic carbocycles. The summed E-state index contributed by atoms with van der Waals surface area (Å²) < 4.78 is 5.09. The minimum absolute atomic E-state index is 0.0849. The predicted molar refractivity (Wildman–Crippen MR) is 85.6 cm³/mol. The first-order valence-corrected chi connectivity index (χ1v) is 7.13. The van der Waals surface area contributed by atoms with Gasteiger partial charge < -0.3 is 14.8 Å². The molecular formula is C18H17NO3. The van der Waals surface area contributed by atoms with Gasteiger partial charge in [0.15, 0.2) is 17.3 Å². The molecule has 0 amide bonds. The average molecular weight is 295 g/mol. The van der Waals surface area contributed by atoms with Crippen LogP contribution in [-0.4, -0.2) is 23.0 Å². The van der Waals surface area contributed by atoms with Crippen LogP contribution in [0.4, 0.5) is 0 Å². The van der Waals surface area contributed by atoms with Gasteiger partial charge in [0, 0.05) is 23.0 Å². The number of allylic oxidation sites excluding steroid dienone is 2. The van der Waals surface area contributed by atoms with Crippen LogP contribution in [0.3, 0.4) is 0 Å². The maximum absolute atomic E-state index is 12.4. The molecule has 1 saturated carbocycles. The van der Waals surface area contributed by atoms with Gasteiger partial charge >= 0.3 is 0 Å². The number of carbonyl (C=O) groups excluding carboxylic acids is 1. The molecule has 4 nitrogen and oxygen atoms in total. The topological polar surface area (TPSA) is 62.3 Å². The summed E-state index contributed by atoms with van der Waals surface area (Å²) >= 11 is 0. The Balaban J connectivity index is 1.86. The van der Waals surface area contributed by atoms with E-state index in [2.05, 4.69) is 4.98 Å². The Hall–Kier alpha value is -2.75. The van der Waals surface area contributed by atoms with Crippen LogP contribution < -0.4 is 4.74 Å². The van der Waals surface area contributed by atoms with E-state index in [1.54, 1.807) is 18.2 Å². The lowest BCUT2D eigenvalue weighted by atomic mass is 10.1. The molecule has 0 atom stereocenters. The van der Waals surface area contributed by atoms with E-state index in [-0.39, 0.29) is 11.5 Å². The summed E-state index contributed by atoms with van der Waals surface area (Å²) in [6.07, 6.45) is 7.08. The maximum atomic E-state index is 12.4. The van der Waals surface area contributed by atoms with Crippen molar-refractivity contribution in [2.45, 2.75) is 12.8 Å². The molecule has 2 N–H and O–H groups in total. The molecule has 1 aromatic heterocycles. The number of H-pyrrole nitrogens is 1. The third kappa shape index (κ3) is 2.81. The van der Waals surface area contributed by atoms with Crippen molar-refractivity contribution in [2.24, 2.45) is 0 Å². The number of ether oxygens (including phenoxy) is 1. The van der Waals surface area contributed by atoms with Gasteiger partial charge in [-0.3, -0.25) is 4.79 Å². The normalized spacial score (nSPS) is 18.3. The largest absolute Gasteiger partial charge is 0.504 e. The third-order valence-electron chi connectivity index (χ3n) is 3.74. The first kappa shape index (κ1) is 14.2. The number of ketones is 1. The molecule has 0 saturated heterocycles. The molecule has 0 radical (unpaired) electrons. The molecular weight excluding hydrogens is 278 g/mol. The number of nitrogens with one attached hydrogen (secondary N) is 1. The van der Waals surface area contributed by atoms with E-state index in [0.29, 0.717) is 5.75 Å². The van der Waals surface area contributed by atoms with Crippen molar-refractivity contribution in [1.82, 2.24) is 4.98 Å². The quantitative estimate of drug-likeness (QED) is 0.851. The SMILES string of the molecule is COc1cc(/C=C2\CC/C(=C\c3ccc[nH]3)C2=O)ccc1O. The highest BCUT2D eigenvalue weighted by Crippen LogP contribution is 2.31. The fraction of sp³-hybridized carbons (Fsp3) is 0.167. The number of aromatic nitrogens is 1. The lowest BCUT2D eigenvalue weighted by Gasteiger charge is -2.04. The summed E-state index contributed by atoms with van der Waals surface area (Å²) in [4.78, 5) is 15.5. The molecule has 0 aliphatic heterocycles. The molecule has 0 unspecified atom stereocenters. The molecule has 3 rings (SSSR count). The molecule has 1 aliphatic carbocycles. The summed E-state index contributed by atoms with van der Waals surface area (Å²) in [5, 5.41) is 9.61. The second-order valence-corrected chi connectivity index (χ2v) is 5.23. The number of rotatable bonds is 3. The number of aromatic amines is 1. The summed E-state index contributed by atoms with van der Waals surface area (Å²) in [7, 11) is 1.50. The zero-order chi connectivity index (χ0) is 15.5. The van der Waals surface area contributed by atoms with Crippen LogP contribution >= 0.6 is 0 Å². The third-order valence-corrected chi connectivity index (χ3v) is 3.74. The minimum Gasteiger partial charge on any atom is -0.504 e. The maximum Gasteiger partial charge on any atom is 0.185 e. The Morgan fingerprint density at radius 1 is 1.18 bits per heavy atom. The Morgan fingerprint density at radius 3 is 2.64 bits per heavy atom. The average Bonchev–Trinajstić information content (AvgIpc) is 3.14. The molecule has 4 heteroatoms. The predicted octanol–water partition coefficient (Wildman–Crippen LogP) is 3.56. The van der Waals surface area contributed by atoms with Crippen LogP contribution in [0.25, 0.3) is 12.2 Å². The van der Waals surface area contributed by atoms with Crippen molar-refractivity contribution in [3.05, 3.63) is 58.9 Å². The Morgan fingerprint density at radius 2 is 1.95 bits per heavy atom. The second-order valence-electron chi connectivity index (χ2n) is 5.23. The monoisotopic (exact) mass is 295 g/mol. The fourth-order valence-corrected chi connectivity index (χ4v) is 2.58. The molecule has 112 valence electrons. The van der Waals surface area contributed by atoms with Gasteiger partial charge in [-0.15, -0.1) is 0 Å². The summed E-state index contributed by atoms with van der Waals surface area (Å²) in [6.45, 7) is 0. The first-order valence-electron chi connectivity index (χ1n) is 7.13. The molecule has 1 fully saturated rings. The smallest absolute Gasteiger partial charge is 0.185 e. The van der Waals surface area contributed by atoms with Crippen molar-refractivity contribution in [3.63, 3.8) is 0 Å². The lowest BCUT2D eigenvalue weighted by Crippen LogP contribution is -1.95. The van der Waals surface area contributed by atoms with Crippen LogP contribution in [0.1, 0.15) is 24.1 Å². The number of carbonyl (C=O) groups is 1. The number of hydrogen-bond donors (Lipinski definition) is 2. The second kappa shape index (κ2) is 5.93. The number of hydrogen-bond acceptors (Lipinski definition) is 3. The number of Topliss-reactive ketones (excluding diaryl/α,β-unsaturated/α-hetero) is 1. The zero-order valence-electron chi connectivity index (χ0n) is 12.3. The van der Waals surface area contributed by atoms with Crippen molar-refractivity contribution >= 4 is 17.9 Å². The molecule has 0 bridgehead atoms. The molecule has 2 aromatic rings. The van der Waals surface area contributed by atoms with E-state index < -0.39 is 0 Å². The van der Waals surface area contributed by atoms with Gasteiger partial charge in [0.1, 0.15) is 0 Å². The van der Waals surface area contributed by atoms with E-state index in [4.69, 9.17) is 4.74 Å². The van der Waals surface area contributed by atoms with Gasteiger partial charge in [-0.1, -0.05) is 6.07 Å². The van der Waals surface area contributed by atoms with Crippen LogP contribution in [0.2, 0.25) is 0 Å². The van der Waals surface area contributed by atoms with Crippen LogP contribution in [0.5, 0.6) is 11.5 Å². The molecule has 1 heterocycles. The summed E-state index contributed by atoms with van der Waals surface area (Å²) in [5.74, 6) is 0.582. The van der Waals surface area contributed by atoms with Crippen molar-refractivity contribution in [3.8, 4) is 11.5 Å². The van der Waals surface area contributed by atoms with Gasteiger partial charge in [-0.25, -0.2) is 0 Å². The van der Waals surface area contributed by atoms with Gasteiger partial charge in [0.25, 0.3) is 0 Å². The Labute approximate surface area is 128 Å². The van der Waals surface area contributed by atoms with E-state index >= 15 is 0 Å². The van der Waals surface area contributed by atoms with Crippen molar-refractivity contribution in [2.75, 3.05) is 7.11 Å². The fourth-order valence-electron chi connectivity index (χ4n) is 2.58. The number of methoxy groups -OCH3 is 1. The highest BCUT2D eigenvalue weighted by atomic mass is 16.5. The minimum atomic E-state index is 0.0849. The summed E-state index contributed by atoms with van der Waals surface area (Å²) in [5.41, 5.74) is 3.39. The Kier molecular flexibility index (Phi) is 3.83. The van der Waals surface area contributed by atoms with Gasteiger partial charge in [-0.05, 0) is 54.8 Å². The van der Waals surface area contributed by atoms with E-state index in [0.717, 1.165) is 35.2 Å². The standard InChI is InChI=1S/C18H17NO3/c1-22-17-10-12(4-7-16(17)20)9-13-5-6-14(18(13)21)11-15-3-2-8-19-15/h2-4,7-11,19-20H,5-6H2,1H3/b13-9+,14-11+. The number of aromatic hydroxyl groups is 1. The molecule has 0 spiro atoms. The van der Waals surface area contributed by atoms with Crippen LogP contribution in [0, 0.1) is 0 Å². The highest BCUT2D eigenvalue weighted by molar-refractivity contribution is 6.15. The molecule has 22 heavy (non-hydrogen) atoms. The zero-order valence-corrected chi connectivity index (χ0v) is 12.3. The van der Waals surface area contributed by atoms with E-state index in [1.807, 2.05) is 30.5 Å².